The molecule has 7 rings (SSSR count). The molecule has 47 heavy (non-hydrogen) atoms. The van der Waals surface area contributed by atoms with Gasteiger partial charge in [-0.15, -0.1) is 0 Å². The van der Waals surface area contributed by atoms with Crippen LogP contribution in [0.4, 0.5) is 5.82 Å². The smallest absolute Gasteiger partial charge is 0.326 e. The summed E-state index contributed by atoms with van der Waals surface area (Å²) in [6.07, 6.45) is 1.91. The van der Waals surface area contributed by atoms with Crippen LogP contribution in [-0.4, -0.2) is 86.9 Å². The summed E-state index contributed by atoms with van der Waals surface area (Å²) in [5.41, 5.74) is 3.04. The zero-order valence-electron chi connectivity index (χ0n) is 25.9. The summed E-state index contributed by atoms with van der Waals surface area (Å²) in [7, 11) is 0. The summed E-state index contributed by atoms with van der Waals surface area (Å²) in [5.74, 6) is -0.0975. The molecule has 0 saturated carbocycles. The van der Waals surface area contributed by atoms with E-state index in [2.05, 4.69) is 9.97 Å². The first-order chi connectivity index (χ1) is 22.8. The highest BCUT2D eigenvalue weighted by Gasteiger charge is 2.35. The highest BCUT2D eigenvalue weighted by Crippen LogP contribution is 2.36. The van der Waals surface area contributed by atoms with Crippen LogP contribution in [0, 0.1) is 5.92 Å². The second-order valence-corrected chi connectivity index (χ2v) is 12.6. The maximum absolute atomic E-state index is 12.9. The number of hydrogen-bond acceptors (Lipinski definition) is 9. The third-order valence-electron chi connectivity index (χ3n) is 9.11. The molecule has 3 atom stereocenters. The number of furan rings is 1. The van der Waals surface area contributed by atoms with Crippen LogP contribution in [0.1, 0.15) is 38.1 Å². The fourth-order valence-electron chi connectivity index (χ4n) is 6.87. The number of halogens is 1. The SMILES string of the molecule is C[C@H]1CN(C(=O)COCCOCc2nc(N3CCC[C@H]3C(=O)O)c3oc4ccccc4c3n2)CC[C@@H]1n1c(=O)[nH]c2cc(Cl)ccc21. The molecule has 2 N–H and O–H groups in total. The van der Waals surface area contributed by atoms with Crippen molar-refractivity contribution in [1.82, 2.24) is 24.4 Å². The lowest BCUT2D eigenvalue weighted by molar-refractivity contribution is -0.139. The number of rotatable bonds is 10. The lowest BCUT2D eigenvalue weighted by Gasteiger charge is -2.37. The normalized spacial score (nSPS) is 20.2. The molecule has 5 aromatic rings. The van der Waals surface area contributed by atoms with Crippen LogP contribution in [-0.2, 0) is 25.7 Å². The molecule has 0 unspecified atom stereocenters. The first-order valence-corrected chi connectivity index (χ1v) is 16.2. The van der Waals surface area contributed by atoms with E-state index in [-0.39, 0.29) is 50.0 Å². The molecule has 5 heterocycles. The molecule has 2 aliphatic rings. The van der Waals surface area contributed by atoms with Crippen molar-refractivity contribution < 1.29 is 28.6 Å². The van der Waals surface area contributed by atoms with Gasteiger partial charge in [-0.1, -0.05) is 30.7 Å². The molecule has 14 heteroatoms. The summed E-state index contributed by atoms with van der Waals surface area (Å²) in [6, 6.07) is 12.2. The topological polar surface area (TPSA) is 156 Å². The summed E-state index contributed by atoms with van der Waals surface area (Å²) in [5, 5.41) is 11.2. The number of ether oxygens (including phenoxy) is 2. The molecule has 13 nitrogen and oxygen atoms in total. The molecule has 2 aliphatic heterocycles. The minimum Gasteiger partial charge on any atom is -0.480 e. The molecule has 246 valence electrons. The van der Waals surface area contributed by atoms with E-state index in [1.54, 1.807) is 26.5 Å². The number of likely N-dealkylation sites (tertiary alicyclic amines) is 1. The van der Waals surface area contributed by atoms with Gasteiger partial charge in [0.2, 0.25) is 5.91 Å². The molecule has 2 saturated heterocycles. The fourth-order valence-corrected chi connectivity index (χ4v) is 7.04. The van der Waals surface area contributed by atoms with Crippen molar-refractivity contribution >= 4 is 62.4 Å². The number of fused-ring (bicyclic) bond motifs is 4. The number of aliphatic carboxylic acids is 1. The van der Waals surface area contributed by atoms with Gasteiger partial charge in [0.15, 0.2) is 17.2 Å². The number of aromatic nitrogens is 4. The van der Waals surface area contributed by atoms with Crippen LogP contribution < -0.4 is 10.6 Å². The van der Waals surface area contributed by atoms with Crippen molar-refractivity contribution in [2.45, 2.75) is 44.9 Å². The van der Waals surface area contributed by atoms with E-state index in [0.717, 1.165) is 17.3 Å². The summed E-state index contributed by atoms with van der Waals surface area (Å²) >= 11 is 6.10. The predicted octanol–water partition coefficient (Wildman–Crippen LogP) is 4.37. The van der Waals surface area contributed by atoms with Crippen molar-refractivity contribution in [1.29, 1.82) is 0 Å². The van der Waals surface area contributed by atoms with Gasteiger partial charge in [0.05, 0.1) is 24.2 Å². The number of carboxylic acids is 1. The quantitative estimate of drug-likeness (QED) is 0.206. The first-order valence-electron chi connectivity index (χ1n) is 15.8. The molecule has 3 aromatic heterocycles. The zero-order valence-corrected chi connectivity index (χ0v) is 26.6. The standard InChI is InChI=1S/C33H35ClN6O7/c1-19-16-38(12-10-23(19)40-24-9-8-20(34)15-22(24)35-33(40)44)28(41)18-46-14-13-45-17-27-36-29-21-5-2-3-7-26(21)47-30(29)31(37-27)39-11-4-6-25(39)32(42)43/h2-3,5,7-9,15,19,23,25H,4,6,10-14,16-18H2,1H3,(H,35,44)(H,42,43)/t19-,23-,25-/m0/s1. The number of aromatic amines is 1. The van der Waals surface area contributed by atoms with Gasteiger partial charge in [0.25, 0.3) is 0 Å². The number of hydrogen-bond donors (Lipinski definition) is 2. The number of benzene rings is 2. The van der Waals surface area contributed by atoms with Gasteiger partial charge in [-0.05, 0) is 55.5 Å². The number of carboxylic acid groups (broad SMARTS) is 1. The van der Waals surface area contributed by atoms with Crippen LogP contribution in [0.5, 0.6) is 0 Å². The Kier molecular flexibility index (Phi) is 8.60. The van der Waals surface area contributed by atoms with Gasteiger partial charge in [0, 0.05) is 36.1 Å². The second-order valence-electron chi connectivity index (χ2n) is 12.2. The van der Waals surface area contributed by atoms with E-state index < -0.39 is 12.0 Å². The van der Waals surface area contributed by atoms with E-state index in [1.165, 1.54) is 0 Å². The lowest BCUT2D eigenvalue weighted by Crippen LogP contribution is -2.46. The Balaban J connectivity index is 0.933. The second kappa shape index (κ2) is 13.0. The third kappa shape index (κ3) is 6.06. The number of carbonyl (C=O) groups excluding carboxylic acids is 1. The number of imidazole rings is 1. The average molecular weight is 663 g/mol. The number of para-hydroxylation sites is 1. The van der Waals surface area contributed by atoms with Crippen LogP contribution in [0.25, 0.3) is 33.1 Å². The van der Waals surface area contributed by atoms with Crippen molar-refractivity contribution in [2.75, 3.05) is 44.4 Å². The van der Waals surface area contributed by atoms with Gasteiger partial charge < -0.3 is 33.8 Å². The monoisotopic (exact) mass is 662 g/mol. The maximum atomic E-state index is 12.9. The maximum Gasteiger partial charge on any atom is 0.326 e. The Morgan fingerprint density at radius 2 is 1.94 bits per heavy atom. The van der Waals surface area contributed by atoms with Gasteiger partial charge >= 0.3 is 11.7 Å². The minimum atomic E-state index is -0.899. The number of nitrogens with zero attached hydrogens (tertiary/aromatic N) is 5. The summed E-state index contributed by atoms with van der Waals surface area (Å²) in [4.78, 5) is 53.5. The zero-order chi connectivity index (χ0) is 32.7. The first kappa shape index (κ1) is 31.2. The van der Waals surface area contributed by atoms with Crippen molar-refractivity contribution in [2.24, 2.45) is 5.92 Å². The Morgan fingerprint density at radius 3 is 2.77 bits per heavy atom. The Hall–Kier alpha value is -4.46. The van der Waals surface area contributed by atoms with Crippen molar-refractivity contribution in [3.8, 4) is 0 Å². The Bertz CT molecular complexity index is 2020. The highest BCUT2D eigenvalue weighted by molar-refractivity contribution is 6.31. The van der Waals surface area contributed by atoms with Crippen molar-refractivity contribution in [3.63, 3.8) is 0 Å². The number of nitrogens with one attached hydrogen (secondary N) is 1. The van der Waals surface area contributed by atoms with Gasteiger partial charge in [-0.2, -0.15) is 0 Å². The average Bonchev–Trinajstić information content (AvgIpc) is 3.77. The molecule has 2 aromatic carbocycles. The molecular formula is C33H35ClN6O7. The highest BCUT2D eigenvalue weighted by atomic mass is 35.5. The molecule has 1 amide bonds. The number of amides is 1. The summed E-state index contributed by atoms with van der Waals surface area (Å²) in [6.45, 7) is 4.04. The van der Waals surface area contributed by atoms with Gasteiger partial charge in [-0.25, -0.2) is 19.6 Å². The molecule has 2 fully saturated rings. The van der Waals surface area contributed by atoms with Crippen LogP contribution in [0.15, 0.2) is 51.7 Å². The molecular weight excluding hydrogens is 628 g/mol. The third-order valence-corrected chi connectivity index (χ3v) is 9.34. The number of piperidine rings is 1. The van der Waals surface area contributed by atoms with E-state index in [4.69, 9.17) is 30.5 Å². The van der Waals surface area contributed by atoms with Gasteiger partial charge in [-0.3, -0.25) is 9.36 Å². The Morgan fingerprint density at radius 1 is 1.11 bits per heavy atom. The van der Waals surface area contributed by atoms with Gasteiger partial charge in [0.1, 0.15) is 30.4 Å². The largest absolute Gasteiger partial charge is 0.480 e. The minimum absolute atomic E-state index is 0.0433. The molecule has 0 aliphatic carbocycles. The number of carbonyl (C=O) groups is 2. The molecule has 0 spiro atoms. The molecule has 0 radical (unpaired) electrons. The van der Waals surface area contributed by atoms with E-state index >= 15 is 0 Å². The molecule has 0 bridgehead atoms. The Labute approximate surface area is 274 Å². The summed E-state index contributed by atoms with van der Waals surface area (Å²) < 4.78 is 19.3. The fraction of sp³-hybridized carbons (Fsp3) is 0.424. The van der Waals surface area contributed by atoms with E-state index in [9.17, 15) is 19.5 Å². The predicted molar refractivity (Wildman–Crippen MR) is 175 cm³/mol. The van der Waals surface area contributed by atoms with Crippen LogP contribution in [0.2, 0.25) is 5.02 Å². The van der Waals surface area contributed by atoms with Crippen molar-refractivity contribution in [3.05, 3.63) is 63.8 Å². The number of H-pyrrole nitrogens is 1. The van der Waals surface area contributed by atoms with E-state index in [0.29, 0.717) is 71.3 Å². The van der Waals surface area contributed by atoms with Crippen LogP contribution >= 0.6 is 11.6 Å². The van der Waals surface area contributed by atoms with Crippen LogP contribution in [0.3, 0.4) is 0 Å². The number of anilines is 1. The van der Waals surface area contributed by atoms with E-state index in [1.807, 2.05) is 37.3 Å². The lowest BCUT2D eigenvalue weighted by atomic mass is 9.93.